The second-order valence-electron chi connectivity index (χ2n) is 2.86. The summed E-state index contributed by atoms with van der Waals surface area (Å²) in [5, 5.41) is 9.69. The highest BCUT2D eigenvalue weighted by atomic mass is 35.5. The largest absolute Gasteiger partial charge is 0.390 e. The summed E-state index contributed by atoms with van der Waals surface area (Å²) in [6.07, 6.45) is 3.25. The Labute approximate surface area is 86.6 Å². The van der Waals surface area contributed by atoms with Crippen LogP contribution in [0.3, 0.4) is 0 Å². The van der Waals surface area contributed by atoms with E-state index in [4.69, 9.17) is 16.7 Å². The lowest BCUT2D eigenvalue weighted by Crippen LogP contribution is -1.98. The molecule has 72 valence electrons. The van der Waals surface area contributed by atoms with Gasteiger partial charge in [-0.1, -0.05) is 23.7 Å². The molecule has 0 saturated heterocycles. The van der Waals surface area contributed by atoms with Crippen molar-refractivity contribution < 1.29 is 5.11 Å². The van der Waals surface area contributed by atoms with Crippen molar-refractivity contribution in [2.24, 2.45) is 0 Å². The predicted octanol–water partition coefficient (Wildman–Crippen LogP) is 2.02. The van der Waals surface area contributed by atoms with Crippen molar-refractivity contribution in [2.75, 3.05) is 0 Å². The van der Waals surface area contributed by atoms with Crippen LogP contribution in [0.15, 0.2) is 36.8 Å². The fourth-order valence-electron chi connectivity index (χ4n) is 1.30. The van der Waals surface area contributed by atoms with Gasteiger partial charge < -0.3 is 5.11 Å². The minimum atomic E-state index is -0.0504. The number of halogens is 1. The molecular weight excluding hydrogens is 200 g/mol. The van der Waals surface area contributed by atoms with Crippen molar-refractivity contribution in [3.63, 3.8) is 0 Å². The summed E-state index contributed by atoms with van der Waals surface area (Å²) in [5.74, 6) is 0. The molecule has 14 heavy (non-hydrogen) atoms. The summed E-state index contributed by atoms with van der Waals surface area (Å²) in [6.45, 7) is -0.0504. The van der Waals surface area contributed by atoms with Gasteiger partial charge in [0.05, 0.1) is 35.5 Å². The van der Waals surface area contributed by atoms with Gasteiger partial charge >= 0.3 is 0 Å². The van der Waals surface area contributed by atoms with E-state index in [1.165, 1.54) is 0 Å². The van der Waals surface area contributed by atoms with Crippen LogP contribution in [0.4, 0.5) is 0 Å². The van der Waals surface area contributed by atoms with Crippen molar-refractivity contribution in [1.82, 2.24) is 9.55 Å². The van der Waals surface area contributed by atoms with E-state index < -0.39 is 0 Å². The number of aromatic nitrogens is 2. The standard InChI is InChI=1S/C10H9ClN2O/c11-9-3-1-2-4-10(9)13-7-12-5-8(13)6-14/h1-5,7,14H,6H2. The summed E-state index contributed by atoms with van der Waals surface area (Å²) in [4.78, 5) is 3.95. The van der Waals surface area contributed by atoms with E-state index in [1.807, 2.05) is 18.2 Å². The van der Waals surface area contributed by atoms with Crippen LogP contribution in [-0.4, -0.2) is 14.7 Å². The molecule has 0 spiro atoms. The molecule has 1 N–H and O–H groups in total. The third-order valence-corrected chi connectivity index (χ3v) is 2.31. The SMILES string of the molecule is OCc1cncn1-c1ccccc1Cl. The fourth-order valence-corrected chi connectivity index (χ4v) is 1.53. The van der Waals surface area contributed by atoms with E-state index in [0.717, 1.165) is 11.4 Å². The minimum Gasteiger partial charge on any atom is -0.390 e. The number of nitrogens with zero attached hydrogens (tertiary/aromatic N) is 2. The Kier molecular flexibility index (Phi) is 2.52. The number of aliphatic hydroxyl groups is 1. The number of benzene rings is 1. The first-order chi connectivity index (χ1) is 6.83. The monoisotopic (exact) mass is 208 g/mol. The predicted molar refractivity (Wildman–Crippen MR) is 54.5 cm³/mol. The summed E-state index contributed by atoms with van der Waals surface area (Å²) in [6, 6.07) is 7.44. The molecule has 2 rings (SSSR count). The van der Waals surface area contributed by atoms with Crippen LogP contribution in [0.5, 0.6) is 0 Å². The molecule has 0 fully saturated rings. The molecular formula is C10H9ClN2O. The maximum atomic E-state index is 9.06. The van der Waals surface area contributed by atoms with Crippen LogP contribution in [0, 0.1) is 0 Å². The van der Waals surface area contributed by atoms with Crippen molar-refractivity contribution in [2.45, 2.75) is 6.61 Å². The quantitative estimate of drug-likeness (QED) is 0.820. The topological polar surface area (TPSA) is 38.1 Å². The second-order valence-corrected chi connectivity index (χ2v) is 3.27. The highest BCUT2D eigenvalue weighted by Gasteiger charge is 2.05. The molecule has 0 aliphatic rings. The molecule has 0 aliphatic carbocycles. The fraction of sp³-hybridized carbons (Fsp3) is 0.100. The van der Waals surface area contributed by atoms with Crippen LogP contribution in [0.2, 0.25) is 5.02 Å². The van der Waals surface area contributed by atoms with Gasteiger partial charge in [0.15, 0.2) is 0 Å². The van der Waals surface area contributed by atoms with Gasteiger partial charge in [-0.3, -0.25) is 4.57 Å². The molecule has 1 aromatic carbocycles. The zero-order valence-corrected chi connectivity index (χ0v) is 8.15. The summed E-state index contributed by atoms with van der Waals surface area (Å²) in [7, 11) is 0. The van der Waals surface area contributed by atoms with E-state index >= 15 is 0 Å². The highest BCUT2D eigenvalue weighted by molar-refractivity contribution is 6.32. The first-order valence-electron chi connectivity index (χ1n) is 4.20. The number of imidazole rings is 1. The summed E-state index contributed by atoms with van der Waals surface area (Å²) >= 11 is 6.01. The van der Waals surface area contributed by atoms with Gasteiger partial charge in [-0.05, 0) is 12.1 Å². The molecule has 0 radical (unpaired) electrons. The first kappa shape index (κ1) is 9.24. The van der Waals surface area contributed by atoms with Crippen LogP contribution in [0.25, 0.3) is 5.69 Å². The van der Waals surface area contributed by atoms with E-state index in [-0.39, 0.29) is 6.61 Å². The molecule has 3 nitrogen and oxygen atoms in total. The zero-order valence-electron chi connectivity index (χ0n) is 7.39. The molecule has 0 amide bonds. The van der Waals surface area contributed by atoms with Gasteiger partial charge in [0.1, 0.15) is 0 Å². The van der Waals surface area contributed by atoms with E-state index in [9.17, 15) is 0 Å². The second kappa shape index (κ2) is 3.82. The van der Waals surface area contributed by atoms with Gasteiger partial charge in [0.25, 0.3) is 0 Å². The average Bonchev–Trinajstić information content (AvgIpc) is 2.66. The van der Waals surface area contributed by atoms with Crippen LogP contribution in [-0.2, 0) is 6.61 Å². The molecule has 0 unspecified atom stereocenters. The smallest absolute Gasteiger partial charge is 0.0995 e. The maximum Gasteiger partial charge on any atom is 0.0995 e. The molecule has 0 bridgehead atoms. The van der Waals surface area contributed by atoms with E-state index in [0.29, 0.717) is 5.02 Å². The van der Waals surface area contributed by atoms with Crippen LogP contribution in [0.1, 0.15) is 5.69 Å². The Bertz CT molecular complexity index is 439. The Morgan fingerprint density at radius 2 is 2.14 bits per heavy atom. The lowest BCUT2D eigenvalue weighted by Gasteiger charge is -2.07. The number of rotatable bonds is 2. The number of aliphatic hydroxyl groups excluding tert-OH is 1. The summed E-state index contributed by atoms with van der Waals surface area (Å²) < 4.78 is 1.77. The third kappa shape index (κ3) is 1.52. The normalized spacial score (nSPS) is 10.4. The van der Waals surface area contributed by atoms with Gasteiger partial charge in [0.2, 0.25) is 0 Å². The maximum absolute atomic E-state index is 9.06. The molecule has 4 heteroatoms. The number of para-hydroxylation sites is 1. The number of hydrogen-bond donors (Lipinski definition) is 1. The lowest BCUT2D eigenvalue weighted by molar-refractivity contribution is 0.274. The summed E-state index contributed by atoms with van der Waals surface area (Å²) in [5.41, 5.74) is 1.55. The molecule has 0 atom stereocenters. The molecule has 0 aliphatic heterocycles. The first-order valence-corrected chi connectivity index (χ1v) is 4.57. The van der Waals surface area contributed by atoms with Gasteiger partial charge in [-0.15, -0.1) is 0 Å². The Balaban J connectivity index is 2.54. The van der Waals surface area contributed by atoms with E-state index in [1.54, 1.807) is 23.2 Å². The molecule has 1 heterocycles. The van der Waals surface area contributed by atoms with Gasteiger partial charge in [0, 0.05) is 0 Å². The van der Waals surface area contributed by atoms with Crippen molar-refractivity contribution >= 4 is 11.6 Å². The van der Waals surface area contributed by atoms with Crippen LogP contribution >= 0.6 is 11.6 Å². The van der Waals surface area contributed by atoms with Crippen molar-refractivity contribution in [1.29, 1.82) is 0 Å². The average molecular weight is 209 g/mol. The van der Waals surface area contributed by atoms with Crippen LogP contribution < -0.4 is 0 Å². The third-order valence-electron chi connectivity index (χ3n) is 1.99. The minimum absolute atomic E-state index is 0.0504. The Hall–Kier alpha value is -1.32. The van der Waals surface area contributed by atoms with Crippen molar-refractivity contribution in [3.8, 4) is 5.69 Å². The lowest BCUT2D eigenvalue weighted by atomic mass is 10.3. The Morgan fingerprint density at radius 3 is 2.86 bits per heavy atom. The van der Waals surface area contributed by atoms with Gasteiger partial charge in [-0.2, -0.15) is 0 Å². The van der Waals surface area contributed by atoms with Crippen molar-refractivity contribution in [3.05, 3.63) is 47.5 Å². The van der Waals surface area contributed by atoms with E-state index in [2.05, 4.69) is 4.98 Å². The molecule has 0 saturated carbocycles. The molecule has 1 aromatic heterocycles. The Morgan fingerprint density at radius 1 is 1.36 bits per heavy atom. The van der Waals surface area contributed by atoms with Gasteiger partial charge in [-0.25, -0.2) is 4.98 Å². The number of hydrogen-bond acceptors (Lipinski definition) is 2. The molecule has 2 aromatic rings. The highest BCUT2D eigenvalue weighted by Crippen LogP contribution is 2.20. The zero-order chi connectivity index (χ0) is 9.97.